The molecule has 0 aliphatic carbocycles. The van der Waals surface area contributed by atoms with Gasteiger partial charge >= 0.3 is 0 Å². The van der Waals surface area contributed by atoms with Crippen molar-refractivity contribution in [1.82, 2.24) is 9.88 Å². The highest BCUT2D eigenvalue weighted by molar-refractivity contribution is 7.13. The molecule has 1 fully saturated rings. The molecule has 1 aliphatic rings. The number of thiazole rings is 1. The number of benzene rings is 1. The summed E-state index contributed by atoms with van der Waals surface area (Å²) in [5, 5.41) is 5.20. The summed E-state index contributed by atoms with van der Waals surface area (Å²) in [6, 6.07) is 7.19. The van der Waals surface area contributed by atoms with E-state index in [1.807, 2.05) is 17.5 Å². The maximum atomic E-state index is 12.5. The Bertz CT molecular complexity index is 751. The van der Waals surface area contributed by atoms with Gasteiger partial charge in [-0.2, -0.15) is 0 Å². The fraction of sp³-hybridized carbons (Fsp3) is 0.389. The second-order valence-corrected chi connectivity index (χ2v) is 6.84. The maximum absolute atomic E-state index is 12.5. The first kappa shape index (κ1) is 18.2. The van der Waals surface area contributed by atoms with Crippen LogP contribution in [0.4, 0.5) is 5.13 Å². The molecule has 2 heterocycles. The zero-order valence-corrected chi connectivity index (χ0v) is 15.3. The molecule has 1 aromatic heterocycles. The Morgan fingerprint density at radius 3 is 2.88 bits per heavy atom. The molecule has 0 saturated carbocycles. The van der Waals surface area contributed by atoms with E-state index >= 15 is 0 Å². The molecular formula is C18H21N3O4S. The Kier molecular flexibility index (Phi) is 6.06. The van der Waals surface area contributed by atoms with Gasteiger partial charge in [-0.3, -0.25) is 9.59 Å². The van der Waals surface area contributed by atoms with Gasteiger partial charge in [-0.25, -0.2) is 4.98 Å². The van der Waals surface area contributed by atoms with E-state index in [0.717, 1.165) is 12.8 Å². The van der Waals surface area contributed by atoms with Crippen LogP contribution < -0.4 is 14.8 Å². The number of piperidine rings is 1. The molecule has 0 bridgehead atoms. The quantitative estimate of drug-likeness (QED) is 0.839. The lowest BCUT2D eigenvalue weighted by Crippen LogP contribution is -2.45. The highest BCUT2D eigenvalue weighted by Gasteiger charge is 2.29. The number of hydrogen-bond acceptors (Lipinski definition) is 6. The van der Waals surface area contributed by atoms with Crippen molar-refractivity contribution in [2.24, 2.45) is 5.92 Å². The molecule has 0 radical (unpaired) electrons. The number of methoxy groups -OCH3 is 1. The molecule has 7 nitrogen and oxygen atoms in total. The van der Waals surface area contributed by atoms with E-state index < -0.39 is 0 Å². The first-order valence-corrected chi connectivity index (χ1v) is 9.29. The number of likely N-dealkylation sites (tertiary alicyclic amines) is 1. The van der Waals surface area contributed by atoms with Crippen molar-refractivity contribution in [3.05, 3.63) is 35.8 Å². The SMILES string of the molecule is COc1ccccc1OCC(=O)N1CCCC(C(=O)Nc2nccs2)C1. The van der Waals surface area contributed by atoms with Crippen LogP contribution in [0.15, 0.2) is 35.8 Å². The average Bonchev–Trinajstić information content (AvgIpc) is 3.19. The number of anilines is 1. The summed E-state index contributed by atoms with van der Waals surface area (Å²) in [7, 11) is 1.56. The minimum absolute atomic E-state index is 0.0822. The normalized spacial score (nSPS) is 16.8. The standard InChI is InChI=1S/C18H21N3O4S/c1-24-14-6-2-3-7-15(14)25-12-16(22)21-9-4-5-13(11-21)17(23)20-18-19-8-10-26-18/h2-3,6-8,10,13H,4-5,9,11-12H2,1H3,(H,19,20,23). The molecule has 26 heavy (non-hydrogen) atoms. The Morgan fingerprint density at radius 2 is 2.15 bits per heavy atom. The number of nitrogens with zero attached hydrogens (tertiary/aromatic N) is 2. The smallest absolute Gasteiger partial charge is 0.260 e. The lowest BCUT2D eigenvalue weighted by molar-refractivity contribution is -0.136. The number of ether oxygens (including phenoxy) is 2. The molecule has 1 saturated heterocycles. The fourth-order valence-electron chi connectivity index (χ4n) is 2.88. The zero-order valence-electron chi connectivity index (χ0n) is 14.5. The molecule has 3 rings (SSSR count). The molecule has 1 unspecified atom stereocenters. The van der Waals surface area contributed by atoms with Crippen LogP contribution in [-0.4, -0.2) is 48.5 Å². The lowest BCUT2D eigenvalue weighted by Gasteiger charge is -2.31. The van der Waals surface area contributed by atoms with E-state index in [-0.39, 0.29) is 24.3 Å². The van der Waals surface area contributed by atoms with Crippen molar-refractivity contribution in [3.8, 4) is 11.5 Å². The summed E-state index contributed by atoms with van der Waals surface area (Å²) >= 11 is 1.38. The molecule has 2 amide bonds. The summed E-state index contributed by atoms with van der Waals surface area (Å²) in [5.74, 6) is 0.645. The first-order chi connectivity index (χ1) is 12.7. The Labute approximate surface area is 155 Å². The van der Waals surface area contributed by atoms with Gasteiger partial charge in [0.25, 0.3) is 5.91 Å². The number of hydrogen-bond donors (Lipinski definition) is 1. The molecule has 8 heteroatoms. The van der Waals surface area contributed by atoms with Gasteiger partial charge in [-0.05, 0) is 25.0 Å². The Morgan fingerprint density at radius 1 is 1.35 bits per heavy atom. The monoisotopic (exact) mass is 375 g/mol. The van der Waals surface area contributed by atoms with Gasteiger partial charge in [0.15, 0.2) is 23.2 Å². The van der Waals surface area contributed by atoms with Gasteiger partial charge in [-0.15, -0.1) is 11.3 Å². The Hall–Kier alpha value is -2.61. The van der Waals surface area contributed by atoms with Gasteiger partial charge < -0.3 is 19.7 Å². The summed E-state index contributed by atoms with van der Waals surface area (Å²) < 4.78 is 10.8. The molecular weight excluding hydrogens is 354 g/mol. The van der Waals surface area contributed by atoms with E-state index in [1.165, 1.54) is 11.3 Å². The number of aromatic nitrogens is 1. The molecule has 1 atom stereocenters. The third-order valence-corrected chi connectivity index (χ3v) is 4.92. The van der Waals surface area contributed by atoms with Crippen LogP contribution in [0, 0.1) is 5.92 Å². The predicted octanol–water partition coefficient (Wildman–Crippen LogP) is 2.41. The fourth-order valence-corrected chi connectivity index (χ4v) is 3.41. The van der Waals surface area contributed by atoms with Crippen LogP contribution in [-0.2, 0) is 9.59 Å². The largest absolute Gasteiger partial charge is 0.493 e. The first-order valence-electron chi connectivity index (χ1n) is 8.41. The van der Waals surface area contributed by atoms with Crippen LogP contribution in [0.2, 0.25) is 0 Å². The van der Waals surface area contributed by atoms with Crippen molar-refractivity contribution in [2.75, 3.05) is 32.1 Å². The van der Waals surface area contributed by atoms with E-state index in [1.54, 1.807) is 30.3 Å². The topological polar surface area (TPSA) is 80.8 Å². The summed E-state index contributed by atoms with van der Waals surface area (Å²) in [5.41, 5.74) is 0. The Balaban J connectivity index is 1.53. The van der Waals surface area contributed by atoms with Crippen LogP contribution in [0.5, 0.6) is 11.5 Å². The van der Waals surface area contributed by atoms with Crippen LogP contribution >= 0.6 is 11.3 Å². The van der Waals surface area contributed by atoms with Crippen molar-refractivity contribution < 1.29 is 19.1 Å². The van der Waals surface area contributed by atoms with Gasteiger partial charge in [0, 0.05) is 24.7 Å². The molecule has 1 N–H and O–H groups in total. The maximum Gasteiger partial charge on any atom is 0.260 e. The molecule has 2 aromatic rings. The summed E-state index contributed by atoms with van der Waals surface area (Å²) in [4.78, 5) is 30.6. The second kappa shape index (κ2) is 8.66. The number of amides is 2. The number of nitrogens with one attached hydrogen (secondary N) is 1. The number of para-hydroxylation sites is 2. The number of carbonyl (C=O) groups excluding carboxylic acids is 2. The summed E-state index contributed by atoms with van der Waals surface area (Å²) in [6.45, 7) is 0.946. The van der Waals surface area contributed by atoms with Gasteiger partial charge in [-0.1, -0.05) is 12.1 Å². The minimum atomic E-state index is -0.233. The van der Waals surface area contributed by atoms with E-state index in [0.29, 0.717) is 29.7 Å². The van der Waals surface area contributed by atoms with Crippen LogP contribution in [0.25, 0.3) is 0 Å². The average molecular weight is 375 g/mol. The van der Waals surface area contributed by atoms with Gasteiger partial charge in [0.05, 0.1) is 13.0 Å². The van der Waals surface area contributed by atoms with Crippen molar-refractivity contribution in [1.29, 1.82) is 0 Å². The summed E-state index contributed by atoms with van der Waals surface area (Å²) in [6.07, 6.45) is 3.19. The van der Waals surface area contributed by atoms with Crippen molar-refractivity contribution in [3.63, 3.8) is 0 Å². The second-order valence-electron chi connectivity index (χ2n) is 5.94. The predicted molar refractivity (Wildman–Crippen MR) is 98.5 cm³/mol. The van der Waals surface area contributed by atoms with Crippen LogP contribution in [0.1, 0.15) is 12.8 Å². The zero-order chi connectivity index (χ0) is 18.4. The lowest BCUT2D eigenvalue weighted by atomic mass is 9.97. The molecule has 1 aliphatic heterocycles. The molecule has 138 valence electrons. The minimum Gasteiger partial charge on any atom is -0.493 e. The van der Waals surface area contributed by atoms with E-state index in [9.17, 15) is 9.59 Å². The number of carbonyl (C=O) groups is 2. The molecule has 1 aromatic carbocycles. The third-order valence-electron chi connectivity index (χ3n) is 4.23. The van der Waals surface area contributed by atoms with Crippen LogP contribution in [0.3, 0.4) is 0 Å². The highest BCUT2D eigenvalue weighted by Crippen LogP contribution is 2.26. The molecule has 0 spiro atoms. The van der Waals surface area contributed by atoms with E-state index in [4.69, 9.17) is 9.47 Å². The van der Waals surface area contributed by atoms with Gasteiger partial charge in [0.1, 0.15) is 0 Å². The van der Waals surface area contributed by atoms with Gasteiger partial charge in [0.2, 0.25) is 5.91 Å². The third kappa shape index (κ3) is 4.51. The van der Waals surface area contributed by atoms with Crippen molar-refractivity contribution >= 4 is 28.3 Å². The van der Waals surface area contributed by atoms with Crippen molar-refractivity contribution in [2.45, 2.75) is 12.8 Å². The van der Waals surface area contributed by atoms with E-state index in [2.05, 4.69) is 10.3 Å². The number of rotatable bonds is 6. The highest BCUT2D eigenvalue weighted by atomic mass is 32.1.